The first-order chi connectivity index (χ1) is 10.1. The van der Waals surface area contributed by atoms with E-state index in [4.69, 9.17) is 4.74 Å². The van der Waals surface area contributed by atoms with E-state index in [1.807, 2.05) is 37.3 Å². The van der Waals surface area contributed by atoms with E-state index in [9.17, 15) is 9.90 Å². The van der Waals surface area contributed by atoms with Crippen LogP contribution in [0.1, 0.15) is 32.3 Å². The van der Waals surface area contributed by atoms with Crippen LogP contribution in [0.2, 0.25) is 0 Å². The van der Waals surface area contributed by atoms with Crippen molar-refractivity contribution in [2.45, 2.75) is 38.2 Å². The lowest BCUT2D eigenvalue weighted by Gasteiger charge is -2.33. The van der Waals surface area contributed by atoms with Gasteiger partial charge in [-0.25, -0.2) is 0 Å². The third-order valence-electron chi connectivity index (χ3n) is 4.36. The lowest BCUT2D eigenvalue weighted by molar-refractivity contribution is -0.144. The van der Waals surface area contributed by atoms with Crippen molar-refractivity contribution in [3.05, 3.63) is 35.9 Å². The van der Waals surface area contributed by atoms with Gasteiger partial charge < -0.3 is 9.84 Å². The van der Waals surface area contributed by atoms with E-state index >= 15 is 0 Å². The predicted octanol–water partition coefficient (Wildman–Crippen LogP) is 2.53. The van der Waals surface area contributed by atoms with Crippen LogP contribution in [0.5, 0.6) is 0 Å². The lowest BCUT2D eigenvalue weighted by Crippen LogP contribution is -2.46. The minimum Gasteiger partial charge on any atom is -0.481 e. The zero-order chi connectivity index (χ0) is 15.3. The number of nitrogens with zero attached hydrogens (tertiary/aromatic N) is 1. The van der Waals surface area contributed by atoms with Crippen LogP contribution in [-0.2, 0) is 14.9 Å². The summed E-state index contributed by atoms with van der Waals surface area (Å²) in [7, 11) is 0. The maximum atomic E-state index is 11.9. The van der Waals surface area contributed by atoms with E-state index in [0.717, 1.165) is 38.1 Å². The highest BCUT2D eigenvalue weighted by Crippen LogP contribution is 2.26. The van der Waals surface area contributed by atoms with E-state index < -0.39 is 11.4 Å². The molecule has 1 aromatic rings. The number of carboxylic acids is 1. The molecule has 1 N–H and O–H groups in total. The van der Waals surface area contributed by atoms with Crippen LogP contribution in [0.15, 0.2) is 30.3 Å². The summed E-state index contributed by atoms with van der Waals surface area (Å²) in [5.41, 5.74) is -0.0427. The number of carbonyl (C=O) groups is 1. The highest BCUT2D eigenvalue weighted by Gasteiger charge is 2.37. The van der Waals surface area contributed by atoms with E-state index in [1.165, 1.54) is 0 Å². The summed E-state index contributed by atoms with van der Waals surface area (Å²) >= 11 is 0. The molecule has 1 heterocycles. The summed E-state index contributed by atoms with van der Waals surface area (Å²) in [5, 5.41) is 9.73. The summed E-state index contributed by atoms with van der Waals surface area (Å²) in [6.45, 7) is 6.85. The maximum Gasteiger partial charge on any atom is 0.315 e. The first-order valence-corrected chi connectivity index (χ1v) is 7.69. The van der Waals surface area contributed by atoms with E-state index in [1.54, 1.807) is 0 Å². The van der Waals surface area contributed by atoms with Gasteiger partial charge >= 0.3 is 5.97 Å². The van der Waals surface area contributed by atoms with Crippen LogP contribution in [0.3, 0.4) is 0 Å². The number of benzene rings is 1. The third kappa shape index (κ3) is 3.83. The first-order valence-electron chi connectivity index (χ1n) is 7.69. The van der Waals surface area contributed by atoms with Gasteiger partial charge in [0.15, 0.2) is 0 Å². The Hall–Kier alpha value is -1.39. The Morgan fingerprint density at radius 2 is 2.14 bits per heavy atom. The SMILES string of the molecule is CCN(CC1CCCO1)CC(C)(C(=O)O)c1ccccc1. The Kier molecular flexibility index (Phi) is 5.37. The number of hydrogen-bond acceptors (Lipinski definition) is 3. The Labute approximate surface area is 126 Å². The van der Waals surface area contributed by atoms with E-state index in [2.05, 4.69) is 11.8 Å². The van der Waals surface area contributed by atoms with E-state index in [0.29, 0.717) is 6.54 Å². The summed E-state index contributed by atoms with van der Waals surface area (Å²) in [4.78, 5) is 14.0. The van der Waals surface area contributed by atoms with Crippen molar-refractivity contribution in [1.29, 1.82) is 0 Å². The molecule has 4 nitrogen and oxygen atoms in total. The quantitative estimate of drug-likeness (QED) is 0.838. The molecule has 2 unspecified atom stereocenters. The van der Waals surface area contributed by atoms with Gasteiger partial charge in [-0.05, 0) is 31.9 Å². The molecule has 1 saturated heterocycles. The van der Waals surface area contributed by atoms with Crippen molar-refractivity contribution in [3.63, 3.8) is 0 Å². The van der Waals surface area contributed by atoms with Crippen molar-refractivity contribution in [3.8, 4) is 0 Å². The molecule has 0 amide bonds. The monoisotopic (exact) mass is 291 g/mol. The fourth-order valence-corrected chi connectivity index (χ4v) is 2.92. The average Bonchev–Trinajstić information content (AvgIpc) is 3.00. The predicted molar refractivity (Wildman–Crippen MR) is 82.5 cm³/mol. The normalized spacial score (nSPS) is 21.4. The van der Waals surface area contributed by atoms with Crippen molar-refractivity contribution in [2.75, 3.05) is 26.2 Å². The number of hydrogen-bond donors (Lipinski definition) is 1. The van der Waals surface area contributed by atoms with Crippen LogP contribution in [0, 0.1) is 0 Å². The number of carboxylic acid groups (broad SMARTS) is 1. The fourth-order valence-electron chi connectivity index (χ4n) is 2.92. The molecule has 1 fully saturated rings. The Bertz CT molecular complexity index is 456. The molecule has 1 aliphatic rings. The Morgan fingerprint density at radius 1 is 1.43 bits per heavy atom. The zero-order valence-corrected chi connectivity index (χ0v) is 12.9. The number of ether oxygens (including phenoxy) is 1. The van der Waals surface area contributed by atoms with Crippen molar-refractivity contribution in [1.82, 2.24) is 4.90 Å². The third-order valence-corrected chi connectivity index (χ3v) is 4.36. The highest BCUT2D eigenvalue weighted by atomic mass is 16.5. The van der Waals surface area contributed by atoms with Crippen LogP contribution in [0.4, 0.5) is 0 Å². The molecule has 116 valence electrons. The van der Waals surface area contributed by atoms with Gasteiger partial charge in [-0.1, -0.05) is 37.3 Å². The van der Waals surface area contributed by atoms with Crippen molar-refractivity contribution < 1.29 is 14.6 Å². The standard InChI is InChI=1S/C17H25NO3/c1-3-18(12-15-10-7-11-21-15)13-17(2,16(19)20)14-8-5-4-6-9-14/h4-6,8-9,15H,3,7,10-13H2,1-2H3,(H,19,20). The van der Waals surface area contributed by atoms with Gasteiger partial charge in [-0.3, -0.25) is 9.69 Å². The second kappa shape index (κ2) is 7.05. The molecule has 0 aliphatic carbocycles. The molecule has 21 heavy (non-hydrogen) atoms. The summed E-state index contributed by atoms with van der Waals surface area (Å²) in [6.07, 6.45) is 2.43. The van der Waals surface area contributed by atoms with Gasteiger partial charge in [0.25, 0.3) is 0 Å². The lowest BCUT2D eigenvalue weighted by atomic mass is 9.82. The van der Waals surface area contributed by atoms with Gasteiger partial charge in [-0.15, -0.1) is 0 Å². The van der Waals surface area contributed by atoms with E-state index in [-0.39, 0.29) is 6.10 Å². The molecular weight excluding hydrogens is 266 g/mol. The molecule has 1 aliphatic heterocycles. The summed E-state index contributed by atoms with van der Waals surface area (Å²) in [5.74, 6) is -0.778. The average molecular weight is 291 g/mol. The Morgan fingerprint density at radius 3 is 2.67 bits per heavy atom. The van der Waals surface area contributed by atoms with Crippen molar-refractivity contribution in [2.24, 2.45) is 0 Å². The molecule has 0 spiro atoms. The second-order valence-corrected chi connectivity index (χ2v) is 5.97. The minimum absolute atomic E-state index is 0.249. The summed E-state index contributed by atoms with van der Waals surface area (Å²) < 4.78 is 5.68. The van der Waals surface area contributed by atoms with Crippen LogP contribution in [-0.4, -0.2) is 48.3 Å². The smallest absolute Gasteiger partial charge is 0.315 e. The number of rotatable bonds is 7. The van der Waals surface area contributed by atoms with Crippen LogP contribution >= 0.6 is 0 Å². The van der Waals surface area contributed by atoms with Gasteiger partial charge in [-0.2, -0.15) is 0 Å². The second-order valence-electron chi connectivity index (χ2n) is 5.97. The molecule has 2 atom stereocenters. The highest BCUT2D eigenvalue weighted by molar-refractivity contribution is 5.81. The molecular formula is C17H25NO3. The van der Waals surface area contributed by atoms with Gasteiger partial charge in [0.1, 0.15) is 5.41 Å². The number of aliphatic carboxylic acids is 1. The molecule has 1 aromatic carbocycles. The largest absolute Gasteiger partial charge is 0.481 e. The van der Waals surface area contributed by atoms with Gasteiger partial charge in [0.05, 0.1) is 6.10 Å². The van der Waals surface area contributed by atoms with Gasteiger partial charge in [0.2, 0.25) is 0 Å². The van der Waals surface area contributed by atoms with Gasteiger partial charge in [0, 0.05) is 19.7 Å². The topological polar surface area (TPSA) is 49.8 Å². The number of likely N-dealkylation sites (N-methyl/N-ethyl adjacent to an activating group) is 1. The minimum atomic E-state index is -0.893. The van der Waals surface area contributed by atoms with Crippen LogP contribution < -0.4 is 0 Å². The maximum absolute atomic E-state index is 11.9. The van der Waals surface area contributed by atoms with Crippen LogP contribution in [0.25, 0.3) is 0 Å². The molecule has 0 radical (unpaired) electrons. The molecule has 0 bridgehead atoms. The molecule has 4 heteroatoms. The Balaban J connectivity index is 2.12. The molecule has 0 saturated carbocycles. The first kappa shape index (κ1) is 16.0. The summed E-state index contributed by atoms with van der Waals surface area (Å²) in [6, 6.07) is 9.50. The molecule has 2 rings (SSSR count). The molecule has 0 aromatic heterocycles. The fraction of sp³-hybridized carbons (Fsp3) is 0.588. The zero-order valence-electron chi connectivity index (χ0n) is 12.9. The van der Waals surface area contributed by atoms with Crippen molar-refractivity contribution >= 4 is 5.97 Å².